The van der Waals surface area contributed by atoms with Crippen LogP contribution in [0.3, 0.4) is 0 Å². The number of unbranched alkanes of at least 4 members (excludes halogenated alkanes) is 1. The quantitative estimate of drug-likeness (QED) is 0.349. The van der Waals surface area contributed by atoms with Gasteiger partial charge in [0.2, 0.25) is 0 Å². The van der Waals surface area contributed by atoms with E-state index in [0.717, 1.165) is 25.7 Å². The van der Waals surface area contributed by atoms with Crippen LogP contribution in [-0.4, -0.2) is 25.2 Å². The molecule has 0 aromatic carbocycles. The van der Waals surface area contributed by atoms with Gasteiger partial charge in [-0.15, -0.1) is 0 Å². The van der Waals surface area contributed by atoms with E-state index in [-0.39, 0.29) is 12.2 Å². The molecule has 0 fully saturated rings. The largest absolute Gasteiger partial charge is 0.462 e. The first-order chi connectivity index (χ1) is 9.96. The number of ether oxygens (including phenoxy) is 2. The van der Waals surface area contributed by atoms with Gasteiger partial charge in [-0.3, -0.25) is 0 Å². The molecule has 0 aromatic heterocycles. The molecular formula is C17H28O4. The molecule has 0 rings (SSSR count). The molecule has 0 aromatic rings. The predicted octanol–water partition coefficient (Wildman–Crippen LogP) is 3.81. The number of hydrogen-bond acceptors (Lipinski definition) is 4. The molecule has 0 bridgehead atoms. The van der Waals surface area contributed by atoms with Gasteiger partial charge in [-0.2, -0.15) is 0 Å². The lowest BCUT2D eigenvalue weighted by molar-refractivity contribution is -0.140. The lowest BCUT2D eigenvalue weighted by Gasteiger charge is -2.14. The molecule has 0 aliphatic rings. The maximum Gasteiger partial charge on any atom is 0.337 e. The van der Waals surface area contributed by atoms with E-state index in [1.165, 1.54) is 6.08 Å². The number of hydrogen-bond donors (Lipinski definition) is 0. The zero-order valence-corrected chi connectivity index (χ0v) is 13.7. The highest BCUT2D eigenvalue weighted by Gasteiger charge is 2.13. The average molecular weight is 296 g/mol. The van der Waals surface area contributed by atoms with Crippen molar-refractivity contribution < 1.29 is 19.1 Å². The summed E-state index contributed by atoms with van der Waals surface area (Å²) >= 11 is 0. The Bertz CT molecular complexity index is 382. The molecule has 0 spiro atoms. The Kier molecular flexibility index (Phi) is 10.3. The number of rotatable bonds is 10. The number of carbonyl (C=O) groups is 2. The maximum atomic E-state index is 11.9. The van der Waals surface area contributed by atoms with E-state index >= 15 is 0 Å². The third-order valence-corrected chi connectivity index (χ3v) is 3.24. The fraction of sp³-hybridized carbons (Fsp3) is 0.647. The van der Waals surface area contributed by atoms with Gasteiger partial charge in [0, 0.05) is 5.57 Å². The smallest absolute Gasteiger partial charge is 0.337 e. The van der Waals surface area contributed by atoms with Gasteiger partial charge in [0.1, 0.15) is 0 Å². The Labute approximate surface area is 128 Å². The van der Waals surface area contributed by atoms with Crippen LogP contribution in [-0.2, 0) is 19.1 Å². The van der Waals surface area contributed by atoms with Crippen molar-refractivity contribution in [3.05, 3.63) is 23.8 Å². The minimum atomic E-state index is -0.515. The van der Waals surface area contributed by atoms with Crippen molar-refractivity contribution in [2.45, 2.75) is 53.4 Å². The molecule has 21 heavy (non-hydrogen) atoms. The molecule has 0 radical (unpaired) electrons. The lowest BCUT2D eigenvalue weighted by Crippen LogP contribution is -2.15. The van der Waals surface area contributed by atoms with Gasteiger partial charge in [0.15, 0.2) is 0 Å². The summed E-state index contributed by atoms with van der Waals surface area (Å²) in [5.41, 5.74) is 0.516. The molecule has 0 saturated heterocycles. The second-order valence-electron chi connectivity index (χ2n) is 5.09. The summed E-state index contributed by atoms with van der Waals surface area (Å²) in [6.45, 7) is 11.9. The number of carbonyl (C=O) groups excluding carboxylic acids is 2. The van der Waals surface area contributed by atoms with Gasteiger partial charge in [-0.05, 0) is 32.3 Å². The Morgan fingerprint density at radius 3 is 2.33 bits per heavy atom. The van der Waals surface area contributed by atoms with E-state index in [1.807, 2.05) is 0 Å². The molecule has 0 saturated carbocycles. The number of esters is 2. The van der Waals surface area contributed by atoms with Gasteiger partial charge < -0.3 is 9.47 Å². The Hall–Kier alpha value is -1.58. The average Bonchev–Trinajstić information content (AvgIpc) is 2.47. The molecule has 1 unspecified atom stereocenters. The van der Waals surface area contributed by atoms with E-state index in [0.29, 0.717) is 18.1 Å². The predicted molar refractivity (Wildman–Crippen MR) is 83.8 cm³/mol. The summed E-state index contributed by atoms with van der Waals surface area (Å²) in [6, 6.07) is 0. The Morgan fingerprint density at radius 1 is 1.14 bits per heavy atom. The second-order valence-corrected chi connectivity index (χ2v) is 5.09. The summed E-state index contributed by atoms with van der Waals surface area (Å²) < 4.78 is 10.1. The van der Waals surface area contributed by atoms with Crippen molar-refractivity contribution in [3.8, 4) is 0 Å². The van der Waals surface area contributed by atoms with Crippen molar-refractivity contribution in [1.82, 2.24) is 0 Å². The lowest BCUT2D eigenvalue weighted by atomic mass is 10.0. The van der Waals surface area contributed by atoms with Crippen LogP contribution in [0.5, 0.6) is 0 Å². The van der Waals surface area contributed by atoms with Crippen molar-refractivity contribution in [3.63, 3.8) is 0 Å². The van der Waals surface area contributed by atoms with Crippen LogP contribution < -0.4 is 0 Å². The zero-order valence-electron chi connectivity index (χ0n) is 13.7. The SMILES string of the molecule is C=C(/C=C(\C)C(=O)OCC(CC)CCCC)C(=O)OCC. The summed E-state index contributed by atoms with van der Waals surface area (Å²) in [6.07, 6.45) is 5.75. The Balaban J connectivity index is 4.37. The van der Waals surface area contributed by atoms with E-state index in [1.54, 1.807) is 13.8 Å². The first kappa shape index (κ1) is 19.4. The minimum absolute atomic E-state index is 0.157. The monoisotopic (exact) mass is 296 g/mol. The van der Waals surface area contributed by atoms with Crippen molar-refractivity contribution in [2.24, 2.45) is 5.92 Å². The zero-order chi connectivity index (χ0) is 16.3. The standard InChI is InChI=1S/C17H28O4/c1-6-9-10-15(7-2)12-21-17(19)14(5)11-13(4)16(18)20-8-3/h11,15H,4,6-10,12H2,1-3,5H3/b14-11+. The summed E-state index contributed by atoms with van der Waals surface area (Å²) in [4.78, 5) is 23.3. The van der Waals surface area contributed by atoms with Crippen LogP contribution in [0.4, 0.5) is 0 Å². The van der Waals surface area contributed by atoms with Crippen molar-refractivity contribution in [1.29, 1.82) is 0 Å². The Morgan fingerprint density at radius 2 is 1.81 bits per heavy atom. The van der Waals surface area contributed by atoms with E-state index in [2.05, 4.69) is 20.4 Å². The molecule has 0 heterocycles. The van der Waals surface area contributed by atoms with E-state index in [4.69, 9.17) is 9.47 Å². The van der Waals surface area contributed by atoms with Crippen LogP contribution in [0.25, 0.3) is 0 Å². The normalized spacial score (nSPS) is 12.7. The fourth-order valence-electron chi connectivity index (χ4n) is 1.81. The third-order valence-electron chi connectivity index (χ3n) is 3.24. The van der Waals surface area contributed by atoms with E-state index < -0.39 is 11.9 Å². The van der Waals surface area contributed by atoms with Gasteiger partial charge in [0.25, 0.3) is 0 Å². The molecule has 0 aliphatic carbocycles. The van der Waals surface area contributed by atoms with Crippen LogP contribution >= 0.6 is 0 Å². The molecule has 0 N–H and O–H groups in total. The molecule has 4 nitrogen and oxygen atoms in total. The van der Waals surface area contributed by atoms with Crippen LogP contribution in [0.2, 0.25) is 0 Å². The third kappa shape index (κ3) is 8.33. The van der Waals surface area contributed by atoms with E-state index in [9.17, 15) is 9.59 Å². The van der Waals surface area contributed by atoms with Gasteiger partial charge in [0.05, 0.1) is 18.8 Å². The summed E-state index contributed by atoms with van der Waals surface area (Å²) in [7, 11) is 0. The summed E-state index contributed by atoms with van der Waals surface area (Å²) in [5.74, 6) is -0.524. The highest BCUT2D eigenvalue weighted by Crippen LogP contribution is 2.14. The van der Waals surface area contributed by atoms with Gasteiger partial charge in [-0.1, -0.05) is 39.7 Å². The van der Waals surface area contributed by atoms with Crippen LogP contribution in [0.15, 0.2) is 23.8 Å². The molecule has 4 heteroatoms. The van der Waals surface area contributed by atoms with Gasteiger partial charge in [-0.25, -0.2) is 9.59 Å². The fourth-order valence-corrected chi connectivity index (χ4v) is 1.81. The highest BCUT2D eigenvalue weighted by molar-refractivity contribution is 5.95. The molecule has 0 aliphatic heterocycles. The van der Waals surface area contributed by atoms with Crippen molar-refractivity contribution >= 4 is 11.9 Å². The topological polar surface area (TPSA) is 52.6 Å². The van der Waals surface area contributed by atoms with Crippen LogP contribution in [0.1, 0.15) is 53.4 Å². The van der Waals surface area contributed by atoms with Gasteiger partial charge >= 0.3 is 11.9 Å². The summed E-state index contributed by atoms with van der Waals surface area (Å²) in [5, 5.41) is 0. The first-order valence-electron chi connectivity index (χ1n) is 7.67. The molecule has 1 atom stereocenters. The van der Waals surface area contributed by atoms with Crippen LogP contribution in [0, 0.1) is 5.92 Å². The molecule has 120 valence electrons. The minimum Gasteiger partial charge on any atom is -0.462 e. The molecular weight excluding hydrogens is 268 g/mol. The molecule has 0 amide bonds. The first-order valence-corrected chi connectivity index (χ1v) is 7.67. The highest BCUT2D eigenvalue weighted by atomic mass is 16.5. The maximum absolute atomic E-state index is 11.9. The van der Waals surface area contributed by atoms with Crippen molar-refractivity contribution in [2.75, 3.05) is 13.2 Å². The second kappa shape index (κ2) is 11.1.